The molecule has 0 amide bonds. The minimum Gasteiger partial charge on any atom is -0.416 e. The van der Waals surface area contributed by atoms with Crippen LogP contribution in [0.25, 0.3) is 21.8 Å². The van der Waals surface area contributed by atoms with Crippen LogP contribution in [0.2, 0.25) is 41.5 Å². The number of nitrogens with zero attached hydrogens (tertiary/aromatic N) is 12. The highest BCUT2D eigenvalue weighted by Crippen LogP contribution is 2.45. The fourth-order valence-corrected chi connectivity index (χ4v) is 18.5. The molecule has 4 aliphatic rings. The number of aromatic nitrogens is 6. The van der Waals surface area contributed by atoms with E-state index in [2.05, 4.69) is 156 Å². The third-order valence-electron chi connectivity index (χ3n) is 21.2. The second-order valence-electron chi connectivity index (χ2n) is 31.1. The number of para-hydroxylation sites is 2. The van der Waals surface area contributed by atoms with Crippen molar-refractivity contribution in [2.45, 2.75) is 171 Å². The van der Waals surface area contributed by atoms with Crippen LogP contribution in [0.5, 0.6) is 0 Å². The van der Waals surface area contributed by atoms with E-state index in [4.69, 9.17) is 31.2 Å². The highest BCUT2D eigenvalue weighted by atomic mass is 35.5. The zero-order chi connectivity index (χ0) is 71.7. The van der Waals surface area contributed by atoms with E-state index in [1.165, 1.54) is 32.8 Å². The van der Waals surface area contributed by atoms with Gasteiger partial charge in [-0.15, -0.1) is 0 Å². The minimum atomic E-state index is -3.94. The molecule has 4 aliphatic heterocycles. The summed E-state index contributed by atoms with van der Waals surface area (Å²) in [5, 5.41) is 5.38. The van der Waals surface area contributed by atoms with Crippen molar-refractivity contribution in [1.29, 1.82) is 0 Å². The Morgan fingerprint density at radius 2 is 0.960 bits per heavy atom. The fourth-order valence-electron chi connectivity index (χ4n) is 12.7. The Morgan fingerprint density at radius 1 is 0.570 bits per heavy atom. The van der Waals surface area contributed by atoms with Crippen molar-refractivity contribution in [2.75, 3.05) is 109 Å². The van der Waals surface area contributed by atoms with Gasteiger partial charge in [-0.25, -0.2) is 35.4 Å². The Labute approximate surface area is 602 Å². The molecule has 12 rings (SSSR count). The van der Waals surface area contributed by atoms with Gasteiger partial charge in [0.1, 0.15) is 9.79 Å². The zero-order valence-electron chi connectivity index (χ0n) is 60.8. The van der Waals surface area contributed by atoms with E-state index in [0.717, 1.165) is 98.6 Å². The standard InChI is InChI=1S/C37H51N7O3SSi.C20H37N3OSi.C17H15ClN4O2S.CH4/c1-36(2,3)49(7,8)47-24-23-42(6)29-18-21-43(22-19-29)30-16-14-28(15-17-30)40-35-39-25-31-34(41-35)44(26-37(31,4)5)48(45,46)32-13-9-11-27-12-10-20-38-33(27)32;1-20(2,3)25(5,6)24-16-15-22(4)18-11-13-23(14-12-18)19-9-7-17(21)8-10-19;1-17(2)10-22(15-12(17)9-20-16(18)21-15)25(23,24)13-7-3-5-11-6-4-8-19-14(11)13;/h9-17,20,25,29H,18-19,21-24,26H2,1-8H3,(H,39,40,41);7-10,18H,11-16,21H2,1-6H3;3-9H,10H2,1-2H3;1H4. The maximum Gasteiger partial charge on any atom is 0.267 e. The summed E-state index contributed by atoms with van der Waals surface area (Å²) in [6, 6.07) is 35.4. The van der Waals surface area contributed by atoms with E-state index in [9.17, 15) is 16.8 Å². The molecule has 0 unspecified atom stereocenters. The molecular formula is C75H107ClN14O6S2Si2. The maximum absolute atomic E-state index is 14.1. The predicted molar refractivity (Wildman–Crippen MR) is 417 cm³/mol. The first-order valence-corrected chi connectivity index (χ1v) is 43.6. The average Bonchev–Trinajstić information content (AvgIpc) is 1.57. The number of fused-ring (bicyclic) bond motifs is 4. The number of nitrogens with one attached hydrogen (secondary N) is 1. The Hall–Kier alpha value is -6.88. The monoisotopic (exact) mass is 1450 g/mol. The summed E-state index contributed by atoms with van der Waals surface area (Å²) in [6.07, 6.45) is 11.2. The molecule has 0 atom stereocenters. The number of hydrogen-bond donors (Lipinski definition) is 2. The van der Waals surface area contributed by atoms with Crippen LogP contribution in [0.15, 0.2) is 144 Å². The number of pyridine rings is 2. The Bertz CT molecular complexity index is 4340. The van der Waals surface area contributed by atoms with Crippen LogP contribution in [0.3, 0.4) is 0 Å². The topological polar surface area (TPSA) is 222 Å². The molecule has 540 valence electrons. The molecular weight excluding hydrogens is 1350 g/mol. The quantitative estimate of drug-likeness (QED) is 0.0463. The van der Waals surface area contributed by atoms with Crippen LogP contribution in [-0.2, 0) is 39.7 Å². The van der Waals surface area contributed by atoms with Gasteiger partial charge in [0.25, 0.3) is 20.0 Å². The fraction of sp³-hybridized carbons (Fsp3) is 0.493. The lowest BCUT2D eigenvalue weighted by atomic mass is 9.89. The molecule has 4 aromatic heterocycles. The van der Waals surface area contributed by atoms with E-state index in [0.29, 0.717) is 40.7 Å². The van der Waals surface area contributed by atoms with E-state index in [-0.39, 0.29) is 45.7 Å². The van der Waals surface area contributed by atoms with Crippen LogP contribution >= 0.6 is 11.6 Å². The van der Waals surface area contributed by atoms with E-state index in [1.54, 1.807) is 61.2 Å². The number of piperidine rings is 2. The first-order valence-electron chi connectivity index (χ1n) is 34.5. The Balaban J connectivity index is 0.000000192. The second kappa shape index (κ2) is 30.6. The van der Waals surface area contributed by atoms with E-state index in [1.807, 2.05) is 76.2 Å². The summed E-state index contributed by atoms with van der Waals surface area (Å²) in [5.74, 6) is 1.08. The van der Waals surface area contributed by atoms with Gasteiger partial charge in [-0.2, -0.15) is 9.97 Å². The highest BCUT2D eigenvalue weighted by Gasteiger charge is 2.46. The van der Waals surface area contributed by atoms with Gasteiger partial charge in [0.05, 0.1) is 11.0 Å². The molecule has 0 saturated carbocycles. The van der Waals surface area contributed by atoms with Gasteiger partial charge in [0, 0.05) is 158 Å². The van der Waals surface area contributed by atoms with Gasteiger partial charge in [-0.3, -0.25) is 9.97 Å². The van der Waals surface area contributed by atoms with Gasteiger partial charge in [0.15, 0.2) is 28.3 Å². The number of hydrogen-bond acceptors (Lipinski definition) is 18. The molecule has 4 aromatic carbocycles. The average molecular weight is 1460 g/mol. The third-order valence-corrected chi connectivity index (χ3v) is 34.0. The number of benzene rings is 4. The number of rotatable bonds is 18. The number of sulfonamides is 2. The maximum atomic E-state index is 14.1. The van der Waals surface area contributed by atoms with Crippen molar-refractivity contribution in [3.8, 4) is 0 Å². The summed E-state index contributed by atoms with van der Waals surface area (Å²) < 4.78 is 70.5. The first-order chi connectivity index (χ1) is 46.5. The molecule has 3 N–H and O–H groups in total. The lowest BCUT2D eigenvalue weighted by Crippen LogP contribution is -2.46. The summed E-state index contributed by atoms with van der Waals surface area (Å²) >= 11 is 5.92. The van der Waals surface area contributed by atoms with Crippen molar-refractivity contribution in [3.05, 3.63) is 150 Å². The lowest BCUT2D eigenvalue weighted by Gasteiger charge is -2.39. The van der Waals surface area contributed by atoms with Gasteiger partial charge < -0.3 is 39.5 Å². The van der Waals surface area contributed by atoms with Gasteiger partial charge in [-0.1, -0.05) is 113 Å². The normalized spacial score (nSPS) is 16.8. The molecule has 2 fully saturated rings. The predicted octanol–water partition coefficient (Wildman–Crippen LogP) is 15.2. The molecule has 8 heterocycles. The van der Waals surface area contributed by atoms with Crippen molar-refractivity contribution < 1.29 is 25.7 Å². The summed E-state index contributed by atoms with van der Waals surface area (Å²) in [6.45, 7) is 39.4. The summed E-state index contributed by atoms with van der Waals surface area (Å²) in [5.41, 5.74) is 11.5. The highest BCUT2D eigenvalue weighted by molar-refractivity contribution is 7.93. The second-order valence-corrected chi connectivity index (χ2v) is 44.8. The molecule has 2 saturated heterocycles. The van der Waals surface area contributed by atoms with Crippen molar-refractivity contribution in [2.24, 2.45) is 0 Å². The molecule has 20 nitrogen and oxygen atoms in total. The lowest BCUT2D eigenvalue weighted by molar-refractivity contribution is 0.164. The van der Waals surface area contributed by atoms with Crippen LogP contribution in [-0.4, -0.2) is 165 Å². The number of nitrogen functional groups attached to an aromatic ring is 1. The van der Waals surface area contributed by atoms with Crippen LogP contribution in [0.4, 0.5) is 40.3 Å². The van der Waals surface area contributed by atoms with Gasteiger partial charge in [0.2, 0.25) is 11.2 Å². The van der Waals surface area contributed by atoms with Crippen LogP contribution in [0.1, 0.15) is 113 Å². The Kier molecular flexibility index (Phi) is 23.6. The number of likely N-dealkylation sites (N-methyl/N-ethyl adjacent to an activating group) is 2. The Morgan fingerprint density at radius 3 is 1.38 bits per heavy atom. The van der Waals surface area contributed by atoms with E-state index < -0.39 is 47.5 Å². The molecule has 0 bridgehead atoms. The number of anilines is 7. The van der Waals surface area contributed by atoms with E-state index >= 15 is 0 Å². The smallest absolute Gasteiger partial charge is 0.267 e. The number of halogens is 1. The van der Waals surface area contributed by atoms with Crippen molar-refractivity contribution >= 4 is 110 Å². The molecule has 100 heavy (non-hydrogen) atoms. The van der Waals surface area contributed by atoms with Gasteiger partial charge in [-0.05, 0) is 160 Å². The minimum absolute atomic E-state index is 0. The van der Waals surface area contributed by atoms with Crippen molar-refractivity contribution in [1.82, 2.24) is 39.7 Å². The molecule has 0 aliphatic carbocycles. The van der Waals surface area contributed by atoms with Crippen molar-refractivity contribution in [3.63, 3.8) is 0 Å². The summed E-state index contributed by atoms with van der Waals surface area (Å²) in [7, 11) is -6.66. The van der Waals surface area contributed by atoms with Gasteiger partial charge >= 0.3 is 0 Å². The SMILES string of the molecule is C.CC1(C)CN(S(=O)(=O)c2cccc3cccnc23)c2nc(Cl)ncc21.CN(CCO[Si](C)(C)C(C)(C)C)C1CCN(c2ccc(N)cc2)CC1.CN(CCO[Si](C)(C)C(C)(C)C)C1CCN(c2ccc(Nc3ncc4c(n3)N(S(=O)(=O)c3cccc5cccnc35)CC4(C)C)cc2)CC1. The molecule has 8 aromatic rings. The largest absolute Gasteiger partial charge is 0.416 e. The zero-order valence-corrected chi connectivity index (χ0v) is 65.2. The molecule has 0 radical (unpaired) electrons. The third kappa shape index (κ3) is 17.3. The summed E-state index contributed by atoms with van der Waals surface area (Å²) in [4.78, 5) is 36.4. The number of nitrogens with two attached hydrogens (primary N) is 1. The van der Waals surface area contributed by atoms with Crippen LogP contribution < -0.4 is 29.5 Å². The molecule has 25 heteroatoms. The van der Waals surface area contributed by atoms with Crippen LogP contribution in [0, 0.1) is 0 Å². The first kappa shape index (κ1) is 77.3. The molecule has 0 spiro atoms.